The lowest BCUT2D eigenvalue weighted by atomic mass is 10.2. The van der Waals surface area contributed by atoms with E-state index in [9.17, 15) is 4.79 Å². The second kappa shape index (κ2) is 7.86. The van der Waals surface area contributed by atoms with Crippen molar-refractivity contribution in [3.8, 4) is 5.75 Å². The molecular formula is C13H19ClN2O3. The third kappa shape index (κ3) is 4.96. The Labute approximate surface area is 118 Å². The molecule has 3 N–H and O–H groups in total. The first-order valence-electron chi connectivity index (χ1n) is 6.05. The number of hydrogen-bond acceptors (Lipinski definition) is 4. The second-order valence-electron chi connectivity index (χ2n) is 3.99. The number of hydrogen-bond donors (Lipinski definition) is 2. The molecule has 1 aromatic carbocycles. The van der Waals surface area contributed by atoms with Crippen LogP contribution in [0.1, 0.15) is 13.3 Å². The highest BCUT2D eigenvalue weighted by Gasteiger charge is 2.13. The van der Waals surface area contributed by atoms with Gasteiger partial charge in [-0.1, -0.05) is 18.5 Å². The number of carbonyl (C=O) groups excluding carboxylic acids is 1. The third-order valence-corrected chi connectivity index (χ3v) is 2.86. The molecule has 0 aliphatic carbocycles. The predicted octanol–water partition coefficient (Wildman–Crippen LogP) is 2.04. The minimum absolute atomic E-state index is 0.390. The first-order chi connectivity index (χ1) is 9.08. The fourth-order valence-corrected chi connectivity index (χ4v) is 1.75. The van der Waals surface area contributed by atoms with E-state index in [1.54, 1.807) is 25.3 Å². The van der Waals surface area contributed by atoms with Gasteiger partial charge >= 0.3 is 0 Å². The van der Waals surface area contributed by atoms with Gasteiger partial charge in [-0.3, -0.25) is 4.79 Å². The fourth-order valence-electron chi connectivity index (χ4n) is 1.52. The van der Waals surface area contributed by atoms with Crippen LogP contribution in [0.2, 0.25) is 5.02 Å². The Morgan fingerprint density at radius 3 is 2.74 bits per heavy atom. The van der Waals surface area contributed by atoms with E-state index in [0.29, 0.717) is 30.4 Å². The van der Waals surface area contributed by atoms with Crippen LogP contribution in [0.5, 0.6) is 5.75 Å². The fraction of sp³-hybridized carbons (Fsp3) is 0.462. The highest BCUT2D eigenvalue weighted by atomic mass is 35.5. The lowest BCUT2D eigenvalue weighted by Gasteiger charge is -2.16. The minimum atomic E-state index is -0.406. The Bertz CT molecular complexity index is 426. The number of anilines is 1. The molecule has 0 spiro atoms. The number of carbonyl (C=O) groups is 1. The van der Waals surface area contributed by atoms with Gasteiger partial charge in [0.25, 0.3) is 0 Å². The third-order valence-electron chi connectivity index (χ3n) is 2.57. The van der Waals surface area contributed by atoms with Crippen molar-refractivity contribution in [2.24, 2.45) is 5.73 Å². The molecule has 0 aliphatic heterocycles. The predicted molar refractivity (Wildman–Crippen MR) is 75.7 cm³/mol. The number of nitrogens with two attached hydrogens (primary N) is 1. The molecule has 0 saturated heterocycles. The van der Waals surface area contributed by atoms with Crippen LogP contribution in [-0.2, 0) is 9.53 Å². The molecule has 1 rings (SSSR count). The minimum Gasteiger partial charge on any atom is -0.490 e. The smallest absolute Gasteiger partial charge is 0.239 e. The quantitative estimate of drug-likeness (QED) is 0.717. The number of methoxy groups -OCH3 is 1. The standard InChI is InChI=1S/C13H19ClN2O3/c1-3-11(13(15)17)16-9-4-5-12(10(14)8-9)19-7-6-18-2/h4-5,8,11,16H,3,6-7H2,1-2H3,(H2,15,17)/t11-/m0/s1. The van der Waals surface area contributed by atoms with Crippen molar-refractivity contribution < 1.29 is 14.3 Å². The molecule has 0 unspecified atom stereocenters. The highest BCUT2D eigenvalue weighted by molar-refractivity contribution is 6.32. The van der Waals surface area contributed by atoms with Crippen molar-refractivity contribution in [3.05, 3.63) is 23.2 Å². The zero-order valence-electron chi connectivity index (χ0n) is 11.1. The molecule has 5 nitrogen and oxygen atoms in total. The summed E-state index contributed by atoms with van der Waals surface area (Å²) in [5.74, 6) is 0.190. The van der Waals surface area contributed by atoms with Gasteiger partial charge in [-0.15, -0.1) is 0 Å². The van der Waals surface area contributed by atoms with Crippen LogP contribution < -0.4 is 15.8 Å². The van der Waals surface area contributed by atoms with Crippen molar-refractivity contribution in [2.45, 2.75) is 19.4 Å². The number of ether oxygens (including phenoxy) is 2. The Morgan fingerprint density at radius 1 is 1.47 bits per heavy atom. The van der Waals surface area contributed by atoms with E-state index >= 15 is 0 Å². The van der Waals surface area contributed by atoms with E-state index in [-0.39, 0.29) is 5.91 Å². The average molecular weight is 287 g/mol. The maximum atomic E-state index is 11.1. The molecule has 0 fully saturated rings. The number of benzene rings is 1. The van der Waals surface area contributed by atoms with Crippen molar-refractivity contribution >= 4 is 23.2 Å². The van der Waals surface area contributed by atoms with Gasteiger partial charge in [-0.05, 0) is 24.6 Å². The van der Waals surface area contributed by atoms with Crippen LogP contribution in [0, 0.1) is 0 Å². The Balaban J connectivity index is 2.67. The van der Waals surface area contributed by atoms with Gasteiger partial charge < -0.3 is 20.5 Å². The van der Waals surface area contributed by atoms with Gasteiger partial charge in [0.05, 0.1) is 11.6 Å². The molecule has 0 heterocycles. The normalized spacial score (nSPS) is 11.9. The van der Waals surface area contributed by atoms with Crippen LogP contribution in [0.4, 0.5) is 5.69 Å². The molecule has 0 radical (unpaired) electrons. The Kier molecular flexibility index (Phi) is 6.45. The average Bonchev–Trinajstić information content (AvgIpc) is 2.38. The van der Waals surface area contributed by atoms with Crippen LogP contribution in [0.15, 0.2) is 18.2 Å². The number of nitrogens with one attached hydrogen (secondary N) is 1. The van der Waals surface area contributed by atoms with Crippen LogP contribution in [0.3, 0.4) is 0 Å². The molecule has 0 aromatic heterocycles. The van der Waals surface area contributed by atoms with Crippen molar-refractivity contribution in [1.29, 1.82) is 0 Å². The summed E-state index contributed by atoms with van der Waals surface area (Å²) in [7, 11) is 1.60. The zero-order chi connectivity index (χ0) is 14.3. The molecule has 0 saturated carbocycles. The van der Waals surface area contributed by atoms with Gasteiger partial charge in [0.2, 0.25) is 5.91 Å². The topological polar surface area (TPSA) is 73.6 Å². The summed E-state index contributed by atoms with van der Waals surface area (Å²) in [6.07, 6.45) is 0.610. The van der Waals surface area contributed by atoms with Gasteiger partial charge in [0.1, 0.15) is 18.4 Å². The molecular weight excluding hydrogens is 268 g/mol. The molecule has 1 amide bonds. The van der Waals surface area contributed by atoms with E-state index in [1.165, 1.54) is 0 Å². The van der Waals surface area contributed by atoms with E-state index < -0.39 is 6.04 Å². The van der Waals surface area contributed by atoms with Gasteiger partial charge in [0.15, 0.2) is 0 Å². The van der Waals surface area contributed by atoms with Crippen LogP contribution in [0.25, 0.3) is 0 Å². The SMILES string of the molecule is CC[C@H](Nc1ccc(OCCOC)c(Cl)c1)C(N)=O. The lowest BCUT2D eigenvalue weighted by Crippen LogP contribution is -2.34. The van der Waals surface area contributed by atoms with Crippen LogP contribution in [-0.4, -0.2) is 32.3 Å². The number of amides is 1. The van der Waals surface area contributed by atoms with Gasteiger partial charge in [0, 0.05) is 12.8 Å². The Morgan fingerprint density at radius 2 is 2.21 bits per heavy atom. The van der Waals surface area contributed by atoms with Gasteiger partial charge in [-0.25, -0.2) is 0 Å². The summed E-state index contributed by atoms with van der Waals surface area (Å²) in [4.78, 5) is 11.1. The summed E-state index contributed by atoms with van der Waals surface area (Å²) in [5, 5.41) is 3.50. The summed E-state index contributed by atoms with van der Waals surface area (Å²) >= 11 is 6.09. The second-order valence-corrected chi connectivity index (χ2v) is 4.40. The highest BCUT2D eigenvalue weighted by Crippen LogP contribution is 2.28. The van der Waals surface area contributed by atoms with Crippen molar-refractivity contribution in [2.75, 3.05) is 25.6 Å². The maximum Gasteiger partial charge on any atom is 0.239 e. The van der Waals surface area contributed by atoms with Crippen molar-refractivity contribution in [3.63, 3.8) is 0 Å². The Hall–Kier alpha value is -1.46. The first-order valence-corrected chi connectivity index (χ1v) is 6.43. The van der Waals surface area contributed by atoms with Crippen molar-refractivity contribution in [1.82, 2.24) is 0 Å². The summed E-state index contributed by atoms with van der Waals surface area (Å²) in [5.41, 5.74) is 6.00. The van der Waals surface area contributed by atoms with E-state index in [1.807, 2.05) is 6.92 Å². The molecule has 1 atom stereocenters. The van der Waals surface area contributed by atoms with E-state index in [4.69, 9.17) is 26.8 Å². The summed E-state index contributed by atoms with van der Waals surface area (Å²) in [6, 6.07) is 4.83. The zero-order valence-corrected chi connectivity index (χ0v) is 11.9. The molecule has 19 heavy (non-hydrogen) atoms. The maximum absolute atomic E-state index is 11.1. The number of primary amides is 1. The van der Waals surface area contributed by atoms with E-state index in [0.717, 1.165) is 5.69 Å². The monoisotopic (exact) mass is 286 g/mol. The molecule has 0 bridgehead atoms. The molecule has 0 aliphatic rings. The first kappa shape index (κ1) is 15.6. The lowest BCUT2D eigenvalue weighted by molar-refractivity contribution is -0.118. The number of rotatable bonds is 8. The summed E-state index contributed by atoms with van der Waals surface area (Å²) in [6.45, 7) is 2.81. The molecule has 1 aromatic rings. The van der Waals surface area contributed by atoms with Crippen LogP contribution >= 0.6 is 11.6 Å². The van der Waals surface area contributed by atoms with Gasteiger partial charge in [-0.2, -0.15) is 0 Å². The molecule has 6 heteroatoms. The molecule has 106 valence electrons. The largest absolute Gasteiger partial charge is 0.490 e. The van der Waals surface area contributed by atoms with E-state index in [2.05, 4.69) is 5.32 Å². The number of halogens is 1. The summed E-state index contributed by atoms with van der Waals surface area (Å²) < 4.78 is 10.3.